The van der Waals surface area contributed by atoms with Crippen LogP contribution < -0.4 is 15.6 Å². The number of nitrogens with zero attached hydrogens (tertiary/aromatic N) is 3. The van der Waals surface area contributed by atoms with Gasteiger partial charge in [-0.15, -0.1) is 0 Å². The highest BCUT2D eigenvalue weighted by Gasteiger charge is 2.14. The maximum Gasteiger partial charge on any atom is 0.277 e. The fourth-order valence-corrected chi connectivity index (χ4v) is 3.22. The van der Waals surface area contributed by atoms with E-state index in [2.05, 4.69) is 15.4 Å². The number of fused-ring (bicyclic) bond motifs is 1. The van der Waals surface area contributed by atoms with Crippen molar-refractivity contribution >= 4 is 32.6 Å². The molecule has 3 rings (SSSR count). The molecular weight excluding hydrogens is 340 g/mol. The first kappa shape index (κ1) is 17.1. The predicted octanol–water partition coefficient (Wildman–Crippen LogP) is 2.91. The van der Waals surface area contributed by atoms with E-state index in [1.807, 2.05) is 25.1 Å². The number of hydrogen-bond donors (Lipinski definition) is 1. The summed E-state index contributed by atoms with van der Waals surface area (Å²) in [5.41, 5.74) is 0.669. The Morgan fingerprint density at radius 3 is 2.92 bits per heavy atom. The minimum atomic E-state index is -0.400. The lowest BCUT2D eigenvalue weighted by Crippen LogP contribution is -2.26. The average molecular weight is 358 g/mol. The van der Waals surface area contributed by atoms with E-state index in [-0.39, 0.29) is 11.3 Å². The van der Waals surface area contributed by atoms with Gasteiger partial charge in [-0.3, -0.25) is 14.9 Å². The van der Waals surface area contributed by atoms with Crippen molar-refractivity contribution in [1.82, 2.24) is 14.8 Å². The SMILES string of the molecule is CCCCn1nc(C(=O)Nc2nc3c(OC)cccc3s2)ccc1=O. The second-order valence-corrected chi connectivity index (χ2v) is 6.44. The first-order valence-electron chi connectivity index (χ1n) is 7.95. The Balaban J connectivity index is 1.84. The van der Waals surface area contributed by atoms with Crippen LogP contribution in [0.3, 0.4) is 0 Å². The summed E-state index contributed by atoms with van der Waals surface area (Å²) in [4.78, 5) is 28.6. The third kappa shape index (κ3) is 3.69. The highest BCUT2D eigenvalue weighted by Crippen LogP contribution is 2.32. The molecule has 0 bridgehead atoms. The van der Waals surface area contributed by atoms with E-state index in [1.54, 1.807) is 7.11 Å². The monoisotopic (exact) mass is 358 g/mol. The molecule has 130 valence electrons. The van der Waals surface area contributed by atoms with Crippen LogP contribution in [0.5, 0.6) is 5.75 Å². The van der Waals surface area contributed by atoms with Crippen LogP contribution in [-0.2, 0) is 6.54 Å². The molecular formula is C17H18N4O3S. The summed E-state index contributed by atoms with van der Waals surface area (Å²) >= 11 is 1.35. The minimum absolute atomic E-state index is 0.182. The van der Waals surface area contributed by atoms with Gasteiger partial charge in [0.2, 0.25) is 0 Å². The van der Waals surface area contributed by atoms with Gasteiger partial charge in [-0.25, -0.2) is 9.67 Å². The fourth-order valence-electron chi connectivity index (χ4n) is 2.34. The Morgan fingerprint density at radius 2 is 2.16 bits per heavy atom. The van der Waals surface area contributed by atoms with Crippen LogP contribution in [0.15, 0.2) is 35.1 Å². The normalized spacial score (nSPS) is 10.8. The molecule has 7 nitrogen and oxygen atoms in total. The van der Waals surface area contributed by atoms with Crippen molar-refractivity contribution < 1.29 is 9.53 Å². The summed E-state index contributed by atoms with van der Waals surface area (Å²) in [7, 11) is 1.58. The third-order valence-corrected chi connectivity index (χ3v) is 4.58. The van der Waals surface area contributed by atoms with Crippen molar-refractivity contribution in [2.75, 3.05) is 12.4 Å². The van der Waals surface area contributed by atoms with E-state index in [1.165, 1.54) is 28.2 Å². The summed E-state index contributed by atoms with van der Waals surface area (Å²) in [5, 5.41) is 7.33. The number of amides is 1. The molecule has 0 saturated heterocycles. The van der Waals surface area contributed by atoms with Gasteiger partial charge in [0.15, 0.2) is 5.13 Å². The molecule has 25 heavy (non-hydrogen) atoms. The predicted molar refractivity (Wildman–Crippen MR) is 97.5 cm³/mol. The number of para-hydroxylation sites is 1. The molecule has 0 saturated carbocycles. The Labute approximate surface area is 148 Å². The van der Waals surface area contributed by atoms with Crippen LogP contribution >= 0.6 is 11.3 Å². The van der Waals surface area contributed by atoms with E-state index in [0.717, 1.165) is 17.5 Å². The largest absolute Gasteiger partial charge is 0.494 e. The second kappa shape index (κ2) is 7.43. The number of aryl methyl sites for hydroxylation is 1. The van der Waals surface area contributed by atoms with Gasteiger partial charge in [-0.1, -0.05) is 30.7 Å². The van der Waals surface area contributed by atoms with Gasteiger partial charge in [-0.2, -0.15) is 5.10 Å². The van der Waals surface area contributed by atoms with E-state index < -0.39 is 5.91 Å². The summed E-state index contributed by atoms with van der Waals surface area (Å²) in [6.45, 7) is 2.53. The number of aromatic nitrogens is 3. The molecule has 0 atom stereocenters. The molecule has 0 aliphatic heterocycles. The molecule has 2 aromatic heterocycles. The number of ether oxygens (including phenoxy) is 1. The number of nitrogens with one attached hydrogen (secondary N) is 1. The zero-order chi connectivity index (χ0) is 17.8. The Morgan fingerprint density at radius 1 is 1.32 bits per heavy atom. The number of methoxy groups -OCH3 is 1. The zero-order valence-electron chi connectivity index (χ0n) is 14.0. The van der Waals surface area contributed by atoms with Gasteiger partial charge in [0.1, 0.15) is 17.0 Å². The molecule has 0 spiro atoms. The van der Waals surface area contributed by atoms with Gasteiger partial charge in [0.25, 0.3) is 11.5 Å². The van der Waals surface area contributed by atoms with Gasteiger partial charge in [-0.05, 0) is 24.6 Å². The van der Waals surface area contributed by atoms with E-state index in [9.17, 15) is 9.59 Å². The summed E-state index contributed by atoms with van der Waals surface area (Å²) in [6.07, 6.45) is 1.77. The Bertz CT molecular complexity index is 964. The van der Waals surface area contributed by atoms with Crippen molar-refractivity contribution in [3.05, 3.63) is 46.4 Å². The Kier molecular flexibility index (Phi) is 5.08. The van der Waals surface area contributed by atoms with Gasteiger partial charge < -0.3 is 4.74 Å². The molecule has 0 aliphatic rings. The van der Waals surface area contributed by atoms with Crippen LogP contribution in [0.1, 0.15) is 30.3 Å². The molecule has 8 heteroatoms. The molecule has 0 unspecified atom stereocenters. The van der Waals surface area contributed by atoms with Crippen LogP contribution in [-0.4, -0.2) is 27.8 Å². The number of anilines is 1. The molecule has 0 radical (unpaired) electrons. The quantitative estimate of drug-likeness (QED) is 0.732. The van der Waals surface area contributed by atoms with E-state index in [4.69, 9.17) is 4.74 Å². The average Bonchev–Trinajstić information content (AvgIpc) is 3.03. The molecule has 2 heterocycles. The molecule has 1 N–H and O–H groups in total. The van der Waals surface area contributed by atoms with Crippen LogP contribution in [0, 0.1) is 0 Å². The lowest BCUT2D eigenvalue weighted by Gasteiger charge is -2.05. The van der Waals surface area contributed by atoms with E-state index in [0.29, 0.717) is 22.9 Å². The topological polar surface area (TPSA) is 86.1 Å². The molecule has 1 amide bonds. The van der Waals surface area contributed by atoms with Crippen LogP contribution in [0.25, 0.3) is 10.2 Å². The number of carbonyl (C=O) groups is 1. The molecule has 0 aliphatic carbocycles. The second-order valence-electron chi connectivity index (χ2n) is 5.41. The van der Waals surface area contributed by atoms with Crippen molar-refractivity contribution in [2.45, 2.75) is 26.3 Å². The highest BCUT2D eigenvalue weighted by atomic mass is 32.1. The molecule has 0 fully saturated rings. The van der Waals surface area contributed by atoms with Gasteiger partial charge in [0.05, 0.1) is 11.8 Å². The highest BCUT2D eigenvalue weighted by molar-refractivity contribution is 7.22. The maximum atomic E-state index is 12.4. The summed E-state index contributed by atoms with van der Waals surface area (Å²) < 4.78 is 7.51. The van der Waals surface area contributed by atoms with Gasteiger partial charge >= 0.3 is 0 Å². The van der Waals surface area contributed by atoms with Crippen molar-refractivity contribution in [3.8, 4) is 5.75 Å². The minimum Gasteiger partial charge on any atom is -0.494 e. The fraction of sp³-hybridized carbons (Fsp3) is 0.294. The lowest BCUT2D eigenvalue weighted by atomic mass is 10.3. The van der Waals surface area contributed by atoms with Gasteiger partial charge in [0, 0.05) is 12.6 Å². The Hall–Kier alpha value is -2.74. The number of hydrogen-bond acceptors (Lipinski definition) is 6. The first-order chi connectivity index (χ1) is 12.1. The number of benzene rings is 1. The molecule has 3 aromatic rings. The molecule has 1 aromatic carbocycles. The van der Waals surface area contributed by atoms with E-state index >= 15 is 0 Å². The lowest BCUT2D eigenvalue weighted by molar-refractivity contribution is 0.101. The van der Waals surface area contributed by atoms with Crippen molar-refractivity contribution in [1.29, 1.82) is 0 Å². The number of carbonyl (C=O) groups excluding carboxylic acids is 1. The zero-order valence-corrected chi connectivity index (χ0v) is 14.8. The number of unbranched alkanes of at least 4 members (excludes halogenated alkanes) is 1. The van der Waals surface area contributed by atoms with Crippen molar-refractivity contribution in [3.63, 3.8) is 0 Å². The van der Waals surface area contributed by atoms with Crippen molar-refractivity contribution in [2.24, 2.45) is 0 Å². The first-order valence-corrected chi connectivity index (χ1v) is 8.77. The van der Waals surface area contributed by atoms with Crippen LogP contribution in [0.2, 0.25) is 0 Å². The van der Waals surface area contributed by atoms with Crippen LogP contribution in [0.4, 0.5) is 5.13 Å². The summed E-state index contributed by atoms with van der Waals surface area (Å²) in [5.74, 6) is 0.253. The standard InChI is InChI=1S/C17H18N4O3S/c1-3-4-10-21-14(22)9-8-11(20-21)16(23)19-17-18-15-12(24-2)6-5-7-13(15)25-17/h5-9H,3-4,10H2,1-2H3,(H,18,19,23). The smallest absolute Gasteiger partial charge is 0.277 e. The number of rotatable bonds is 6. The third-order valence-electron chi connectivity index (χ3n) is 3.65. The maximum absolute atomic E-state index is 12.4. The summed E-state index contributed by atoms with van der Waals surface area (Å²) in [6, 6.07) is 8.39. The number of thiazole rings is 1.